The monoisotopic (exact) mass is 467 g/mol. The number of rotatable bonds is 6. The first-order valence-electron chi connectivity index (χ1n) is 11.0. The van der Waals surface area contributed by atoms with Gasteiger partial charge in [0.1, 0.15) is 34.4 Å². The topological polar surface area (TPSA) is 142 Å². The van der Waals surface area contributed by atoms with E-state index in [9.17, 15) is 20.0 Å². The van der Waals surface area contributed by atoms with Crippen LogP contribution < -0.4 is 10.2 Å². The number of hydrogen-bond acceptors (Lipinski definition) is 6. The van der Waals surface area contributed by atoms with E-state index in [0.29, 0.717) is 23.5 Å². The van der Waals surface area contributed by atoms with Crippen LogP contribution in [0.1, 0.15) is 27.9 Å². The molecule has 0 bridgehead atoms. The summed E-state index contributed by atoms with van der Waals surface area (Å²) in [6.45, 7) is 0.697. The highest BCUT2D eigenvalue weighted by Crippen LogP contribution is 2.36. The fraction of sp³-hybridized carbons (Fsp3) is 0.111. The van der Waals surface area contributed by atoms with E-state index in [0.717, 1.165) is 24.1 Å². The molecule has 3 aromatic rings. The van der Waals surface area contributed by atoms with Crippen molar-refractivity contribution in [3.8, 4) is 11.8 Å². The minimum atomic E-state index is -1.19. The summed E-state index contributed by atoms with van der Waals surface area (Å²) in [4.78, 5) is 26.1. The fourth-order valence-electron chi connectivity index (χ4n) is 4.12. The number of carbonyl (C=O) groups excluding carboxylic acids is 1. The zero-order valence-corrected chi connectivity index (χ0v) is 18.7. The molecule has 0 aliphatic carbocycles. The van der Waals surface area contributed by atoms with E-state index < -0.39 is 17.6 Å². The number of nitrogens with one attached hydrogen (secondary N) is 1. The molecule has 8 nitrogen and oxygen atoms in total. The van der Waals surface area contributed by atoms with Crippen molar-refractivity contribution in [2.75, 3.05) is 11.4 Å². The maximum Gasteiger partial charge on any atom is 0.350 e. The number of quaternary nitrogens is 1. The van der Waals surface area contributed by atoms with Gasteiger partial charge in [-0.1, -0.05) is 24.3 Å². The number of fused-ring (bicyclic) bond motifs is 1. The number of amides is 1. The lowest BCUT2D eigenvalue weighted by atomic mass is 9.97. The van der Waals surface area contributed by atoms with Gasteiger partial charge in [-0.2, -0.15) is 5.26 Å². The number of aryl methyl sites for hydroxylation is 1. The first-order valence-corrected chi connectivity index (χ1v) is 11.0. The van der Waals surface area contributed by atoms with Gasteiger partial charge in [0.05, 0.1) is 0 Å². The molecule has 0 saturated carbocycles. The zero-order chi connectivity index (χ0) is 24.9. The second kappa shape index (κ2) is 10.0. The zero-order valence-electron chi connectivity index (χ0n) is 18.7. The number of nitriles is 1. The Hall–Kier alpha value is -4.74. The average Bonchev–Trinajstić information content (AvgIpc) is 2.86. The first-order chi connectivity index (χ1) is 16.9. The molecule has 0 atom stereocenters. The molecule has 1 aliphatic heterocycles. The van der Waals surface area contributed by atoms with E-state index in [1.165, 1.54) is 17.4 Å². The van der Waals surface area contributed by atoms with Crippen LogP contribution in [0.5, 0.6) is 5.75 Å². The molecule has 3 aromatic carbocycles. The van der Waals surface area contributed by atoms with E-state index in [1.807, 2.05) is 41.3 Å². The Bertz CT molecular complexity index is 1390. The fourth-order valence-corrected chi connectivity index (χ4v) is 4.12. The van der Waals surface area contributed by atoms with Gasteiger partial charge in [-0.15, -0.1) is 0 Å². The number of carboxylic acid groups (broad SMARTS) is 1. The summed E-state index contributed by atoms with van der Waals surface area (Å²) in [5.74, 6) is -1.91. The summed E-state index contributed by atoms with van der Waals surface area (Å²) >= 11 is 0. The number of aromatic carboxylic acids is 1. The maximum atomic E-state index is 12.9. The number of para-hydroxylation sites is 1. The third-order valence-corrected chi connectivity index (χ3v) is 5.80. The van der Waals surface area contributed by atoms with Gasteiger partial charge in [-0.25, -0.2) is 14.9 Å². The maximum absolute atomic E-state index is 12.9. The summed E-state index contributed by atoms with van der Waals surface area (Å²) in [5, 5.41) is 38.0. The van der Waals surface area contributed by atoms with Crippen LogP contribution >= 0.6 is 0 Å². The van der Waals surface area contributed by atoms with Gasteiger partial charge in [0.25, 0.3) is 0 Å². The van der Waals surface area contributed by atoms with Gasteiger partial charge in [-0.3, -0.25) is 5.41 Å². The lowest BCUT2D eigenvalue weighted by Crippen LogP contribution is -2.83. The van der Waals surface area contributed by atoms with Crippen molar-refractivity contribution >= 4 is 40.7 Å². The summed E-state index contributed by atoms with van der Waals surface area (Å²) in [6, 6.07) is 20.9. The highest BCUT2D eigenvalue weighted by Gasteiger charge is 2.22. The number of primary amides is 1. The van der Waals surface area contributed by atoms with Crippen molar-refractivity contribution in [1.29, 1.82) is 10.7 Å². The lowest BCUT2D eigenvalue weighted by Gasteiger charge is -2.32. The van der Waals surface area contributed by atoms with Crippen LogP contribution in [-0.2, 0) is 11.2 Å². The first kappa shape index (κ1) is 23.4. The Morgan fingerprint density at radius 3 is 2.54 bits per heavy atom. The molecule has 174 valence electrons. The molecule has 0 fully saturated rings. The van der Waals surface area contributed by atoms with Gasteiger partial charge >= 0.3 is 11.9 Å². The van der Waals surface area contributed by atoms with Crippen molar-refractivity contribution < 1.29 is 25.1 Å². The number of benzene rings is 3. The smallest absolute Gasteiger partial charge is 0.350 e. The number of hydrogen-bond donors (Lipinski definition) is 4. The van der Waals surface area contributed by atoms with Gasteiger partial charge in [0.2, 0.25) is 0 Å². The minimum absolute atomic E-state index is 0.0122. The second-order valence-electron chi connectivity index (χ2n) is 8.11. The molecule has 35 heavy (non-hydrogen) atoms. The van der Waals surface area contributed by atoms with Crippen molar-refractivity contribution in [2.24, 2.45) is 0 Å². The Morgan fingerprint density at radius 2 is 1.86 bits per heavy atom. The van der Waals surface area contributed by atoms with E-state index in [1.54, 1.807) is 30.3 Å². The minimum Gasteiger partial charge on any atom is -0.507 e. The molecular formula is C27H23N4O4+. The highest BCUT2D eigenvalue weighted by molar-refractivity contribution is 6.26. The molecule has 0 radical (unpaired) electrons. The Kier molecular flexibility index (Phi) is 6.71. The average molecular weight is 468 g/mol. The van der Waals surface area contributed by atoms with E-state index >= 15 is 0 Å². The number of aromatic hydroxyl groups is 1. The van der Waals surface area contributed by atoms with E-state index in [-0.39, 0.29) is 16.9 Å². The number of anilines is 2. The van der Waals surface area contributed by atoms with Crippen LogP contribution in [0.15, 0.2) is 72.3 Å². The largest absolute Gasteiger partial charge is 0.507 e. The number of carboxylic acids is 1. The van der Waals surface area contributed by atoms with Gasteiger partial charge < -0.3 is 15.1 Å². The summed E-state index contributed by atoms with van der Waals surface area (Å²) in [5.41, 5.74) is 3.43. The van der Waals surface area contributed by atoms with E-state index in [4.69, 9.17) is 10.5 Å². The normalized spacial score (nSPS) is 13.0. The quantitative estimate of drug-likeness (QED) is 0.248. The molecule has 5 N–H and O–H groups in total. The number of phenols is 1. The van der Waals surface area contributed by atoms with Crippen molar-refractivity contribution in [3.05, 3.63) is 89.0 Å². The predicted molar refractivity (Wildman–Crippen MR) is 131 cm³/mol. The molecule has 0 unspecified atom stereocenters. The highest BCUT2D eigenvalue weighted by atomic mass is 16.4. The van der Waals surface area contributed by atoms with Crippen LogP contribution in [0.3, 0.4) is 0 Å². The van der Waals surface area contributed by atoms with Crippen molar-refractivity contribution in [3.63, 3.8) is 0 Å². The van der Waals surface area contributed by atoms with Crippen LogP contribution in [0.2, 0.25) is 0 Å². The van der Waals surface area contributed by atoms with Crippen LogP contribution in [0, 0.1) is 16.7 Å². The molecular weight excluding hydrogens is 444 g/mol. The Balaban J connectivity index is 1.65. The predicted octanol–water partition coefficient (Wildman–Crippen LogP) is 3.52. The van der Waals surface area contributed by atoms with E-state index in [2.05, 4.69) is 0 Å². The molecule has 0 saturated heterocycles. The molecule has 0 aromatic heterocycles. The van der Waals surface area contributed by atoms with Crippen molar-refractivity contribution in [1.82, 2.24) is 0 Å². The molecule has 1 amide bonds. The molecule has 1 aliphatic rings. The van der Waals surface area contributed by atoms with Crippen LogP contribution in [0.4, 0.5) is 17.1 Å². The van der Waals surface area contributed by atoms with Crippen LogP contribution in [0.25, 0.3) is 6.08 Å². The van der Waals surface area contributed by atoms with Crippen LogP contribution in [-0.4, -0.2) is 34.3 Å². The SMILES string of the molecule is N#CC(=N)/C(=C/c1ccc2c(c1)CCCN2c1ccc(C(=O)O)c(O)c1)C(=O)[NH2+]c1ccccc1. The summed E-state index contributed by atoms with van der Waals surface area (Å²) in [6.07, 6.45) is 3.19. The number of nitrogens with zero attached hydrogens (tertiary/aromatic N) is 2. The molecule has 0 spiro atoms. The second-order valence-corrected chi connectivity index (χ2v) is 8.11. The molecule has 1 heterocycles. The third-order valence-electron chi connectivity index (χ3n) is 5.80. The summed E-state index contributed by atoms with van der Waals surface area (Å²) in [7, 11) is 0. The molecule has 8 heteroatoms. The number of nitrogens with two attached hydrogens (primary N) is 1. The Labute approximate surface area is 201 Å². The standard InChI is InChI=1S/C27H22N4O4/c28-16-23(29)22(26(33)30-19-6-2-1-3-7-19)14-17-8-11-24-18(13-17)5-4-12-31(24)20-9-10-21(27(34)35)25(32)15-20/h1-3,6-11,13-15,29,32H,4-5,12H2,(H,30,33)(H,34,35)/p+1/b22-14-,29-23?. The van der Waals surface area contributed by atoms with Gasteiger partial charge in [0.15, 0.2) is 0 Å². The third kappa shape index (κ3) is 5.11. The van der Waals surface area contributed by atoms with Crippen molar-refractivity contribution in [2.45, 2.75) is 12.8 Å². The summed E-state index contributed by atoms with van der Waals surface area (Å²) < 4.78 is 0. The lowest BCUT2D eigenvalue weighted by molar-refractivity contribution is -0.478. The Morgan fingerprint density at radius 1 is 1.09 bits per heavy atom. The molecule has 4 rings (SSSR count). The van der Waals surface area contributed by atoms with Gasteiger partial charge in [0, 0.05) is 24.0 Å². The van der Waals surface area contributed by atoms with Gasteiger partial charge in [-0.05, 0) is 66.4 Å². The number of carbonyl (C=O) groups is 2.